The van der Waals surface area contributed by atoms with Gasteiger partial charge in [-0.2, -0.15) is 5.10 Å². The van der Waals surface area contributed by atoms with Gasteiger partial charge in [0.1, 0.15) is 5.75 Å². The van der Waals surface area contributed by atoms with Crippen LogP contribution in [0.3, 0.4) is 0 Å². The Kier molecular flexibility index (Phi) is 6.58. The Bertz CT molecular complexity index is 1360. The van der Waals surface area contributed by atoms with Crippen molar-refractivity contribution >= 4 is 23.2 Å². The van der Waals surface area contributed by atoms with Crippen molar-refractivity contribution in [2.75, 3.05) is 19.5 Å². The maximum absolute atomic E-state index is 12.5. The lowest BCUT2D eigenvalue weighted by atomic mass is 10.1. The van der Waals surface area contributed by atoms with Crippen molar-refractivity contribution in [1.82, 2.24) is 14.6 Å². The number of rotatable bonds is 7. The predicted molar refractivity (Wildman–Crippen MR) is 129 cm³/mol. The lowest BCUT2D eigenvalue weighted by molar-refractivity contribution is -0.116. The van der Waals surface area contributed by atoms with E-state index in [0.717, 1.165) is 39.6 Å². The molecule has 174 valence electrons. The number of hydrogen-bond acceptors (Lipinski definition) is 6. The van der Waals surface area contributed by atoms with E-state index in [0.29, 0.717) is 17.7 Å². The van der Waals surface area contributed by atoms with Crippen LogP contribution in [0.15, 0.2) is 54.6 Å². The monoisotopic (exact) mass is 458 g/mol. The van der Waals surface area contributed by atoms with E-state index < -0.39 is 5.97 Å². The van der Waals surface area contributed by atoms with E-state index in [2.05, 4.69) is 5.32 Å². The van der Waals surface area contributed by atoms with Crippen LogP contribution < -0.4 is 10.1 Å². The van der Waals surface area contributed by atoms with Gasteiger partial charge in [0.05, 0.1) is 25.5 Å². The fourth-order valence-electron chi connectivity index (χ4n) is 3.95. The Balaban J connectivity index is 1.51. The highest BCUT2D eigenvalue weighted by Gasteiger charge is 2.16. The molecule has 2 heterocycles. The lowest BCUT2D eigenvalue weighted by Crippen LogP contribution is -2.14. The van der Waals surface area contributed by atoms with Crippen molar-refractivity contribution in [2.45, 2.75) is 26.7 Å². The summed E-state index contributed by atoms with van der Waals surface area (Å²) in [6.45, 7) is 3.93. The highest BCUT2D eigenvalue weighted by Crippen LogP contribution is 2.30. The van der Waals surface area contributed by atoms with Crippen LogP contribution in [0.1, 0.15) is 33.7 Å². The quantitative estimate of drug-likeness (QED) is 0.413. The molecule has 0 saturated carbocycles. The fraction of sp³-hybridized carbons (Fsp3) is 0.231. The zero-order valence-electron chi connectivity index (χ0n) is 19.6. The second-order valence-electron chi connectivity index (χ2n) is 7.88. The molecular weight excluding hydrogens is 432 g/mol. The molecule has 4 aromatic rings. The number of methoxy groups -OCH3 is 2. The molecule has 0 atom stereocenters. The Labute approximate surface area is 197 Å². The van der Waals surface area contributed by atoms with Crippen LogP contribution in [0.25, 0.3) is 16.9 Å². The molecule has 0 aliphatic rings. The van der Waals surface area contributed by atoms with Gasteiger partial charge in [-0.25, -0.2) is 14.3 Å². The third kappa shape index (κ3) is 4.61. The van der Waals surface area contributed by atoms with E-state index in [4.69, 9.17) is 19.6 Å². The molecule has 4 rings (SSSR count). The van der Waals surface area contributed by atoms with E-state index in [1.54, 1.807) is 31.4 Å². The number of fused-ring (bicyclic) bond motifs is 1. The first-order valence-corrected chi connectivity index (χ1v) is 10.9. The van der Waals surface area contributed by atoms with Crippen LogP contribution >= 0.6 is 0 Å². The van der Waals surface area contributed by atoms with Gasteiger partial charge in [-0.05, 0) is 62.2 Å². The number of esters is 1. The Hall–Kier alpha value is -4.20. The van der Waals surface area contributed by atoms with Gasteiger partial charge in [-0.1, -0.05) is 12.1 Å². The number of aromatic nitrogens is 3. The molecule has 34 heavy (non-hydrogen) atoms. The van der Waals surface area contributed by atoms with Gasteiger partial charge in [-0.15, -0.1) is 0 Å². The lowest BCUT2D eigenvalue weighted by Gasteiger charge is -2.11. The highest BCUT2D eigenvalue weighted by atomic mass is 16.5. The van der Waals surface area contributed by atoms with Crippen LogP contribution in [0, 0.1) is 13.8 Å². The number of hydrogen-bond donors (Lipinski definition) is 1. The SMILES string of the molecule is COC(=O)c1ccc(NC(=O)CCc2c(C)nc3cc(-c4ccccc4OC)nn3c2C)cc1. The van der Waals surface area contributed by atoms with Gasteiger partial charge in [-0.3, -0.25) is 4.79 Å². The van der Waals surface area contributed by atoms with E-state index >= 15 is 0 Å². The number of carbonyl (C=O) groups excluding carboxylic acids is 2. The van der Waals surface area contributed by atoms with Crippen molar-refractivity contribution in [2.24, 2.45) is 0 Å². The molecule has 0 spiro atoms. The van der Waals surface area contributed by atoms with Gasteiger partial charge in [0.25, 0.3) is 0 Å². The highest BCUT2D eigenvalue weighted by molar-refractivity contribution is 5.93. The molecule has 0 bridgehead atoms. The molecule has 1 N–H and O–H groups in total. The van der Waals surface area contributed by atoms with E-state index in [-0.39, 0.29) is 12.3 Å². The molecule has 1 amide bonds. The minimum absolute atomic E-state index is 0.125. The third-order valence-corrected chi connectivity index (χ3v) is 5.74. The summed E-state index contributed by atoms with van der Waals surface area (Å²) < 4.78 is 12.0. The number of nitrogens with zero attached hydrogens (tertiary/aromatic N) is 3. The van der Waals surface area contributed by atoms with E-state index in [1.807, 2.05) is 48.7 Å². The van der Waals surface area contributed by atoms with Crippen LogP contribution in [0.4, 0.5) is 5.69 Å². The van der Waals surface area contributed by atoms with Crippen molar-refractivity contribution in [3.8, 4) is 17.0 Å². The summed E-state index contributed by atoms with van der Waals surface area (Å²) in [4.78, 5) is 28.8. The van der Waals surface area contributed by atoms with Crippen molar-refractivity contribution in [1.29, 1.82) is 0 Å². The number of aryl methyl sites for hydroxylation is 2. The summed E-state index contributed by atoms with van der Waals surface area (Å²) in [6.07, 6.45) is 0.810. The average molecular weight is 459 g/mol. The topological polar surface area (TPSA) is 94.8 Å². The van der Waals surface area contributed by atoms with Crippen molar-refractivity contribution < 1.29 is 19.1 Å². The number of amides is 1. The molecule has 0 aliphatic heterocycles. The smallest absolute Gasteiger partial charge is 0.337 e. The third-order valence-electron chi connectivity index (χ3n) is 5.74. The second-order valence-corrected chi connectivity index (χ2v) is 7.88. The van der Waals surface area contributed by atoms with Crippen LogP contribution in [0.5, 0.6) is 5.75 Å². The summed E-state index contributed by atoms with van der Waals surface area (Å²) in [5.74, 6) is 0.205. The Morgan fingerprint density at radius 3 is 2.47 bits per heavy atom. The first kappa shape index (κ1) is 23.0. The molecular formula is C26H26N4O4. The normalized spacial score (nSPS) is 10.8. The summed E-state index contributed by atoms with van der Waals surface area (Å²) in [5.41, 5.74) is 6.26. The molecule has 8 nitrogen and oxygen atoms in total. The molecule has 0 fully saturated rings. The van der Waals surface area contributed by atoms with Crippen molar-refractivity contribution in [3.63, 3.8) is 0 Å². The van der Waals surface area contributed by atoms with Gasteiger partial charge < -0.3 is 14.8 Å². The summed E-state index contributed by atoms with van der Waals surface area (Å²) >= 11 is 0. The summed E-state index contributed by atoms with van der Waals surface area (Å²) in [5, 5.41) is 7.62. The largest absolute Gasteiger partial charge is 0.496 e. The van der Waals surface area contributed by atoms with Crippen molar-refractivity contribution in [3.05, 3.63) is 77.1 Å². The zero-order valence-corrected chi connectivity index (χ0v) is 19.6. The molecule has 2 aromatic carbocycles. The van der Waals surface area contributed by atoms with E-state index in [9.17, 15) is 9.59 Å². The van der Waals surface area contributed by atoms with E-state index in [1.165, 1.54) is 7.11 Å². The minimum Gasteiger partial charge on any atom is -0.496 e. The first-order valence-electron chi connectivity index (χ1n) is 10.9. The molecule has 0 radical (unpaired) electrons. The van der Waals surface area contributed by atoms with Gasteiger partial charge in [0.15, 0.2) is 5.65 Å². The maximum Gasteiger partial charge on any atom is 0.337 e. The second kappa shape index (κ2) is 9.74. The average Bonchev–Trinajstić information content (AvgIpc) is 3.27. The molecule has 0 saturated heterocycles. The minimum atomic E-state index is -0.417. The number of nitrogens with one attached hydrogen (secondary N) is 1. The maximum atomic E-state index is 12.5. The Morgan fingerprint density at radius 1 is 1.03 bits per heavy atom. The number of benzene rings is 2. The zero-order chi connectivity index (χ0) is 24.2. The number of para-hydroxylation sites is 1. The van der Waals surface area contributed by atoms with Gasteiger partial charge >= 0.3 is 5.97 Å². The van der Waals surface area contributed by atoms with Gasteiger partial charge in [0.2, 0.25) is 5.91 Å². The van der Waals surface area contributed by atoms with Crippen LogP contribution in [0.2, 0.25) is 0 Å². The Morgan fingerprint density at radius 2 is 1.76 bits per heavy atom. The summed E-state index contributed by atoms with van der Waals surface area (Å²) in [7, 11) is 2.97. The molecule has 2 aromatic heterocycles. The molecule has 0 unspecified atom stereocenters. The summed E-state index contributed by atoms with van der Waals surface area (Å²) in [6, 6.07) is 16.3. The number of carbonyl (C=O) groups is 2. The predicted octanol–water partition coefficient (Wildman–Crippen LogP) is 4.38. The number of anilines is 1. The molecule has 0 aliphatic carbocycles. The molecule has 8 heteroatoms. The number of ether oxygens (including phenoxy) is 2. The van der Waals surface area contributed by atoms with Gasteiger partial charge in [0, 0.05) is 35.1 Å². The fourth-order valence-corrected chi connectivity index (χ4v) is 3.95. The van der Waals surface area contributed by atoms with Crippen LogP contribution in [-0.4, -0.2) is 40.7 Å². The standard InChI is InChI=1S/C26H26N4O4/c1-16-20(13-14-25(31)28-19-11-9-18(10-12-19)26(32)34-4)17(2)30-24(27-16)15-22(29-30)21-7-5-6-8-23(21)33-3/h5-12,15H,13-14H2,1-4H3,(H,28,31). The van der Waals surface area contributed by atoms with Crippen LogP contribution in [-0.2, 0) is 16.0 Å². The first-order chi connectivity index (χ1) is 16.4.